The quantitative estimate of drug-likeness (QED) is 0.289. The van der Waals surface area contributed by atoms with Gasteiger partial charge in [-0.05, 0) is 42.5 Å². The highest BCUT2D eigenvalue weighted by atomic mass is 32.2. The Labute approximate surface area is 138 Å². The van der Waals surface area contributed by atoms with Crippen LogP contribution in [0.15, 0.2) is 59.9 Å². The summed E-state index contributed by atoms with van der Waals surface area (Å²) < 4.78 is 12.8. The van der Waals surface area contributed by atoms with Gasteiger partial charge in [-0.1, -0.05) is 18.2 Å². The number of hydrogen-bond donors (Lipinski definition) is 0. The fourth-order valence-electron chi connectivity index (χ4n) is 2.28. The normalized spacial score (nSPS) is 10.8. The molecule has 0 N–H and O–H groups in total. The maximum Gasteiger partial charge on any atom is 0.162 e. The van der Waals surface area contributed by atoms with Crippen LogP contribution in [0.1, 0.15) is 23.2 Å². The zero-order valence-electron chi connectivity index (χ0n) is 12.4. The van der Waals surface area contributed by atoms with E-state index < -0.39 is 0 Å². The van der Waals surface area contributed by atoms with Crippen molar-refractivity contribution in [3.8, 4) is 0 Å². The lowest BCUT2D eigenvalue weighted by atomic mass is 10.1. The number of benzene rings is 2. The lowest BCUT2D eigenvalue weighted by molar-refractivity contribution is 0.0982. The van der Waals surface area contributed by atoms with Gasteiger partial charge in [-0.2, -0.15) is 0 Å². The van der Waals surface area contributed by atoms with Crippen molar-refractivity contribution in [2.24, 2.45) is 0 Å². The summed E-state index contributed by atoms with van der Waals surface area (Å²) in [6, 6.07) is 13.6. The van der Waals surface area contributed by atoms with Gasteiger partial charge in [-0.25, -0.2) is 14.4 Å². The van der Waals surface area contributed by atoms with E-state index in [0.717, 1.165) is 28.1 Å². The molecule has 0 aliphatic carbocycles. The summed E-state index contributed by atoms with van der Waals surface area (Å²) in [4.78, 5) is 20.6. The van der Waals surface area contributed by atoms with Crippen molar-refractivity contribution >= 4 is 28.4 Å². The van der Waals surface area contributed by atoms with Crippen molar-refractivity contribution < 1.29 is 9.18 Å². The minimum atomic E-state index is -0.326. The fourth-order valence-corrected chi connectivity index (χ4v) is 3.21. The Bertz CT molecular complexity index is 815. The van der Waals surface area contributed by atoms with Gasteiger partial charge in [-0.3, -0.25) is 4.79 Å². The molecule has 0 saturated heterocycles. The molecule has 0 fully saturated rings. The van der Waals surface area contributed by atoms with Gasteiger partial charge in [0.2, 0.25) is 0 Å². The van der Waals surface area contributed by atoms with Crippen LogP contribution >= 0.6 is 11.8 Å². The summed E-state index contributed by atoms with van der Waals surface area (Å²) in [5.74, 6) is 0.513. The monoisotopic (exact) mass is 326 g/mol. The number of thioether (sulfide) groups is 1. The van der Waals surface area contributed by atoms with Crippen LogP contribution in [0.2, 0.25) is 0 Å². The molecule has 0 aliphatic rings. The Balaban J connectivity index is 1.55. The van der Waals surface area contributed by atoms with E-state index in [0.29, 0.717) is 12.0 Å². The van der Waals surface area contributed by atoms with Crippen LogP contribution in [0.4, 0.5) is 4.39 Å². The standard InChI is InChI=1S/C18H15FN2OS/c19-14-9-7-13(8-10-14)17(22)6-3-11-23-18-15-4-1-2-5-16(15)20-12-21-18/h1-2,4-5,7-10,12H,3,6,11H2. The van der Waals surface area contributed by atoms with Crippen molar-refractivity contribution in [2.45, 2.75) is 17.9 Å². The third-order valence-corrected chi connectivity index (χ3v) is 4.55. The fraction of sp³-hybridized carbons (Fsp3) is 0.167. The van der Waals surface area contributed by atoms with Crippen LogP contribution in [0.5, 0.6) is 0 Å². The number of fused-ring (bicyclic) bond motifs is 1. The molecule has 0 aliphatic heterocycles. The van der Waals surface area contributed by atoms with Crippen molar-refractivity contribution in [2.75, 3.05) is 5.75 Å². The van der Waals surface area contributed by atoms with Gasteiger partial charge in [0.25, 0.3) is 0 Å². The predicted octanol–water partition coefficient (Wildman–Crippen LogP) is 4.52. The van der Waals surface area contributed by atoms with Gasteiger partial charge < -0.3 is 0 Å². The van der Waals surface area contributed by atoms with E-state index in [1.54, 1.807) is 18.1 Å². The number of aromatic nitrogens is 2. The van der Waals surface area contributed by atoms with E-state index in [4.69, 9.17) is 0 Å². The first-order valence-electron chi connectivity index (χ1n) is 7.35. The molecule has 1 heterocycles. The summed E-state index contributed by atoms with van der Waals surface area (Å²) in [6.07, 6.45) is 2.76. The summed E-state index contributed by atoms with van der Waals surface area (Å²) in [6.45, 7) is 0. The number of carbonyl (C=O) groups excluding carboxylic acids is 1. The lowest BCUT2D eigenvalue weighted by Crippen LogP contribution is -1.99. The number of ketones is 1. The first kappa shape index (κ1) is 15.6. The Morgan fingerprint density at radius 1 is 1.04 bits per heavy atom. The van der Waals surface area contributed by atoms with Gasteiger partial charge in [0.05, 0.1) is 5.52 Å². The van der Waals surface area contributed by atoms with Crippen molar-refractivity contribution in [1.82, 2.24) is 9.97 Å². The molecular formula is C18H15FN2OS. The molecule has 0 bridgehead atoms. The molecule has 3 nitrogen and oxygen atoms in total. The smallest absolute Gasteiger partial charge is 0.162 e. The van der Waals surface area contributed by atoms with Crippen molar-refractivity contribution in [3.05, 3.63) is 66.2 Å². The highest BCUT2D eigenvalue weighted by Gasteiger charge is 2.07. The Morgan fingerprint density at radius 3 is 2.65 bits per heavy atom. The maximum absolute atomic E-state index is 12.8. The van der Waals surface area contributed by atoms with Crippen LogP contribution in [0.3, 0.4) is 0 Å². The Hall–Kier alpha value is -2.27. The number of para-hydroxylation sites is 1. The van der Waals surface area contributed by atoms with Gasteiger partial charge in [0.15, 0.2) is 5.78 Å². The van der Waals surface area contributed by atoms with Crippen LogP contribution < -0.4 is 0 Å². The Morgan fingerprint density at radius 2 is 1.83 bits per heavy atom. The predicted molar refractivity (Wildman–Crippen MR) is 90.2 cm³/mol. The first-order valence-corrected chi connectivity index (χ1v) is 8.34. The first-order chi connectivity index (χ1) is 11.2. The summed E-state index contributed by atoms with van der Waals surface area (Å²) in [7, 11) is 0. The molecule has 0 atom stereocenters. The molecule has 0 unspecified atom stereocenters. The van der Waals surface area contributed by atoms with Crippen LogP contribution in [-0.4, -0.2) is 21.5 Å². The highest BCUT2D eigenvalue weighted by Crippen LogP contribution is 2.25. The van der Waals surface area contributed by atoms with E-state index in [1.165, 1.54) is 24.3 Å². The minimum absolute atomic E-state index is 0.0399. The zero-order valence-corrected chi connectivity index (χ0v) is 13.2. The number of halogens is 1. The summed E-state index contributed by atoms with van der Waals surface area (Å²) >= 11 is 1.63. The SMILES string of the molecule is O=C(CCCSc1ncnc2ccccc12)c1ccc(F)cc1. The zero-order chi connectivity index (χ0) is 16.1. The van der Waals surface area contributed by atoms with E-state index >= 15 is 0 Å². The maximum atomic E-state index is 12.8. The van der Waals surface area contributed by atoms with Gasteiger partial charge in [-0.15, -0.1) is 11.8 Å². The van der Waals surface area contributed by atoms with Crippen LogP contribution in [-0.2, 0) is 0 Å². The minimum Gasteiger partial charge on any atom is -0.294 e. The number of carbonyl (C=O) groups is 1. The molecule has 0 spiro atoms. The van der Waals surface area contributed by atoms with Crippen LogP contribution in [0.25, 0.3) is 10.9 Å². The van der Waals surface area contributed by atoms with Gasteiger partial charge in [0.1, 0.15) is 17.2 Å². The molecule has 0 amide bonds. The third kappa shape index (κ3) is 3.93. The molecule has 5 heteroatoms. The lowest BCUT2D eigenvalue weighted by Gasteiger charge is -2.04. The second-order valence-electron chi connectivity index (χ2n) is 5.08. The number of hydrogen-bond acceptors (Lipinski definition) is 4. The average molecular weight is 326 g/mol. The van der Waals surface area contributed by atoms with E-state index in [-0.39, 0.29) is 11.6 Å². The molecule has 1 aromatic heterocycles. The van der Waals surface area contributed by atoms with Crippen molar-refractivity contribution in [3.63, 3.8) is 0 Å². The average Bonchev–Trinajstić information content (AvgIpc) is 2.59. The van der Waals surface area contributed by atoms with Gasteiger partial charge >= 0.3 is 0 Å². The second kappa shape index (κ2) is 7.33. The molecule has 0 saturated carbocycles. The number of Topliss-reactive ketones (excluding diaryl/α,β-unsaturated/α-hetero) is 1. The molecule has 2 aromatic carbocycles. The Kier molecular flexibility index (Phi) is 4.98. The van der Waals surface area contributed by atoms with Gasteiger partial charge in [0, 0.05) is 17.4 Å². The number of rotatable bonds is 6. The van der Waals surface area contributed by atoms with E-state index in [2.05, 4.69) is 9.97 Å². The van der Waals surface area contributed by atoms with Crippen molar-refractivity contribution in [1.29, 1.82) is 0 Å². The largest absolute Gasteiger partial charge is 0.294 e. The molecular weight excluding hydrogens is 311 g/mol. The second-order valence-corrected chi connectivity index (χ2v) is 6.16. The molecule has 0 radical (unpaired) electrons. The molecule has 3 aromatic rings. The highest BCUT2D eigenvalue weighted by molar-refractivity contribution is 7.99. The third-order valence-electron chi connectivity index (χ3n) is 3.46. The van der Waals surface area contributed by atoms with E-state index in [1.807, 2.05) is 24.3 Å². The number of nitrogens with zero attached hydrogens (tertiary/aromatic N) is 2. The molecule has 23 heavy (non-hydrogen) atoms. The van der Waals surface area contributed by atoms with Crippen LogP contribution in [0, 0.1) is 5.82 Å². The topological polar surface area (TPSA) is 42.9 Å². The molecule has 3 rings (SSSR count). The molecule has 116 valence electrons. The summed E-state index contributed by atoms with van der Waals surface area (Å²) in [5, 5.41) is 1.97. The van der Waals surface area contributed by atoms with E-state index in [9.17, 15) is 9.18 Å². The summed E-state index contributed by atoms with van der Waals surface area (Å²) in [5.41, 5.74) is 1.48.